The molecular weight excluding hydrogens is 491 g/mol. The molecular formula is C22H30F3N3O6S. The number of hydrogen-bond donors (Lipinski definition) is 1. The number of alkyl halides is 3. The van der Waals surface area contributed by atoms with Gasteiger partial charge in [-0.15, -0.1) is 0 Å². The van der Waals surface area contributed by atoms with Crippen molar-refractivity contribution in [1.82, 2.24) is 14.1 Å². The van der Waals surface area contributed by atoms with Crippen LogP contribution >= 0.6 is 0 Å². The molecule has 1 aromatic rings. The van der Waals surface area contributed by atoms with Crippen molar-refractivity contribution in [2.75, 3.05) is 40.3 Å². The number of carboxylic acid groups (broad SMARTS) is 1. The van der Waals surface area contributed by atoms with Gasteiger partial charge < -0.3 is 19.6 Å². The van der Waals surface area contributed by atoms with Gasteiger partial charge in [0.05, 0.1) is 6.04 Å². The first-order chi connectivity index (χ1) is 16.3. The summed E-state index contributed by atoms with van der Waals surface area (Å²) in [4.78, 5) is 25.6. The number of carbonyl (C=O) groups excluding carboxylic acids is 1. The number of aliphatic carboxylic acids is 1. The van der Waals surface area contributed by atoms with E-state index in [-0.39, 0.29) is 28.9 Å². The lowest BCUT2D eigenvalue weighted by atomic mass is 10.1. The highest BCUT2D eigenvalue weighted by atomic mass is 32.2. The van der Waals surface area contributed by atoms with Crippen LogP contribution in [0.1, 0.15) is 25.7 Å². The molecule has 1 saturated heterocycles. The van der Waals surface area contributed by atoms with Crippen LogP contribution in [0.4, 0.5) is 13.2 Å². The number of likely N-dealkylation sites (tertiary alicyclic amines) is 1. The molecule has 2 atom stereocenters. The number of amides is 1. The Bertz CT molecular complexity index is 1030. The number of hydrogen-bond acceptors (Lipinski definition) is 6. The summed E-state index contributed by atoms with van der Waals surface area (Å²) in [6.07, 6.45) is -2.13. The minimum Gasteiger partial charge on any atom is -0.487 e. The summed E-state index contributed by atoms with van der Waals surface area (Å²) in [7, 11) is 0.215. The van der Waals surface area contributed by atoms with Crippen molar-refractivity contribution >= 4 is 21.9 Å². The second kappa shape index (κ2) is 10.7. The Morgan fingerprint density at radius 1 is 1.11 bits per heavy atom. The second-order valence-electron chi connectivity index (χ2n) is 9.07. The van der Waals surface area contributed by atoms with E-state index in [0.717, 1.165) is 12.8 Å². The fraction of sp³-hybridized carbons (Fsp3) is 0.636. The molecule has 2 aliphatic heterocycles. The van der Waals surface area contributed by atoms with E-state index in [1.807, 2.05) is 23.9 Å². The van der Waals surface area contributed by atoms with Crippen LogP contribution in [0.15, 0.2) is 29.2 Å². The molecule has 0 aromatic heterocycles. The Balaban J connectivity index is 0.000000429. The van der Waals surface area contributed by atoms with Crippen LogP contribution in [0.5, 0.6) is 5.75 Å². The standard InChI is InChI=1S/C20H29N3O4S.C2HF3O2/c1-21(2)13-14-23-16-9-11-22(20(24)15-7-8-15)12-10-17(16)27-18-5-3-4-6-19(18)28(23,25)26;3-2(4,5)1(6)7/h3-6,15-17H,7-14H2,1-2H3;(H,6,7)/t16-,17-;/m0./s1. The molecule has 13 heteroatoms. The Labute approximate surface area is 202 Å². The molecule has 0 bridgehead atoms. The summed E-state index contributed by atoms with van der Waals surface area (Å²) < 4.78 is 66.6. The molecule has 3 aliphatic rings. The molecule has 1 aromatic carbocycles. The predicted octanol–water partition coefficient (Wildman–Crippen LogP) is 2.03. The molecule has 1 saturated carbocycles. The van der Waals surface area contributed by atoms with Crippen LogP contribution in [0.2, 0.25) is 0 Å². The number of nitrogens with zero attached hydrogens (tertiary/aromatic N) is 3. The number of likely N-dealkylation sites (N-methyl/N-ethyl adjacent to an activating group) is 1. The fourth-order valence-corrected chi connectivity index (χ4v) is 5.94. The number of fused-ring (bicyclic) bond motifs is 2. The SMILES string of the molecule is CN(C)CCN1[C@H]2CCN(C(=O)C3CC3)CC[C@@H]2Oc2ccccc2S1(=O)=O.O=C(O)C(F)(F)F. The molecule has 35 heavy (non-hydrogen) atoms. The maximum atomic E-state index is 13.5. The first-order valence-corrected chi connectivity index (χ1v) is 12.8. The molecule has 2 heterocycles. The van der Waals surface area contributed by atoms with E-state index in [9.17, 15) is 26.4 Å². The van der Waals surface area contributed by atoms with Crippen LogP contribution < -0.4 is 4.74 Å². The van der Waals surface area contributed by atoms with Gasteiger partial charge in [-0.25, -0.2) is 13.2 Å². The van der Waals surface area contributed by atoms with Crippen molar-refractivity contribution in [3.8, 4) is 5.75 Å². The summed E-state index contributed by atoms with van der Waals surface area (Å²) in [5, 5.41) is 7.12. The number of benzene rings is 1. The monoisotopic (exact) mass is 521 g/mol. The molecule has 1 amide bonds. The van der Waals surface area contributed by atoms with Crippen LogP contribution in [-0.4, -0.2) is 98.1 Å². The summed E-state index contributed by atoms with van der Waals surface area (Å²) >= 11 is 0. The zero-order valence-corrected chi connectivity index (χ0v) is 20.4. The van der Waals surface area contributed by atoms with Crippen LogP contribution in [0.25, 0.3) is 0 Å². The lowest BCUT2D eigenvalue weighted by Crippen LogP contribution is -2.49. The van der Waals surface area contributed by atoms with Gasteiger partial charge in [0, 0.05) is 38.5 Å². The van der Waals surface area contributed by atoms with E-state index in [0.29, 0.717) is 44.8 Å². The van der Waals surface area contributed by atoms with Gasteiger partial charge in [0.1, 0.15) is 16.7 Å². The summed E-state index contributed by atoms with van der Waals surface area (Å²) in [6, 6.07) is 6.63. The average Bonchev–Trinajstić information content (AvgIpc) is 3.62. The van der Waals surface area contributed by atoms with Gasteiger partial charge >= 0.3 is 12.1 Å². The summed E-state index contributed by atoms with van der Waals surface area (Å²) in [6.45, 7) is 2.25. The Hall–Kier alpha value is -2.38. The zero-order chi connectivity index (χ0) is 26.0. The van der Waals surface area contributed by atoms with Crippen molar-refractivity contribution in [1.29, 1.82) is 0 Å². The quantitative estimate of drug-likeness (QED) is 0.646. The van der Waals surface area contributed by atoms with Crippen molar-refractivity contribution in [3.05, 3.63) is 24.3 Å². The number of carbonyl (C=O) groups is 2. The number of carboxylic acids is 1. The Morgan fingerprint density at radius 2 is 1.71 bits per heavy atom. The predicted molar refractivity (Wildman–Crippen MR) is 119 cm³/mol. The Kier molecular flexibility index (Phi) is 8.32. The van der Waals surface area contributed by atoms with Gasteiger partial charge in [-0.3, -0.25) is 4.79 Å². The average molecular weight is 522 g/mol. The van der Waals surface area contributed by atoms with E-state index < -0.39 is 22.2 Å². The highest BCUT2D eigenvalue weighted by Gasteiger charge is 2.44. The third-order valence-electron chi connectivity index (χ3n) is 6.14. The van der Waals surface area contributed by atoms with E-state index in [4.69, 9.17) is 14.6 Å². The van der Waals surface area contributed by atoms with Crippen molar-refractivity contribution in [2.24, 2.45) is 5.92 Å². The lowest BCUT2D eigenvalue weighted by molar-refractivity contribution is -0.192. The van der Waals surface area contributed by atoms with Crippen molar-refractivity contribution < 1.29 is 41.0 Å². The molecule has 0 radical (unpaired) electrons. The van der Waals surface area contributed by atoms with Crippen LogP contribution in [0, 0.1) is 5.92 Å². The van der Waals surface area contributed by atoms with Crippen LogP contribution in [-0.2, 0) is 19.6 Å². The van der Waals surface area contributed by atoms with E-state index in [2.05, 4.69) is 0 Å². The van der Waals surface area contributed by atoms with Gasteiger partial charge in [0.15, 0.2) is 0 Å². The van der Waals surface area contributed by atoms with Gasteiger partial charge in [0.2, 0.25) is 15.9 Å². The third-order valence-corrected chi connectivity index (χ3v) is 8.10. The summed E-state index contributed by atoms with van der Waals surface area (Å²) in [5.41, 5.74) is 0. The number of para-hydroxylation sites is 1. The maximum absolute atomic E-state index is 13.5. The van der Waals surface area contributed by atoms with Gasteiger partial charge in [-0.05, 0) is 45.5 Å². The molecule has 1 N–H and O–H groups in total. The zero-order valence-electron chi connectivity index (χ0n) is 19.6. The molecule has 2 fully saturated rings. The highest BCUT2D eigenvalue weighted by Crippen LogP contribution is 2.37. The summed E-state index contributed by atoms with van der Waals surface area (Å²) in [5.74, 6) is -1.93. The topological polar surface area (TPSA) is 107 Å². The van der Waals surface area contributed by atoms with E-state index >= 15 is 0 Å². The normalized spacial score (nSPS) is 24.1. The van der Waals surface area contributed by atoms with E-state index in [1.54, 1.807) is 28.6 Å². The minimum atomic E-state index is -5.08. The fourth-order valence-electron chi connectivity index (χ4n) is 4.15. The molecule has 1 aliphatic carbocycles. The first-order valence-electron chi connectivity index (χ1n) is 11.3. The molecule has 4 rings (SSSR count). The van der Waals surface area contributed by atoms with Gasteiger partial charge in [-0.2, -0.15) is 17.5 Å². The number of ether oxygens (including phenoxy) is 1. The smallest absolute Gasteiger partial charge is 0.487 e. The highest BCUT2D eigenvalue weighted by molar-refractivity contribution is 7.89. The molecule has 9 nitrogen and oxygen atoms in total. The number of rotatable bonds is 4. The second-order valence-corrected chi connectivity index (χ2v) is 10.9. The minimum absolute atomic E-state index is 0.179. The van der Waals surface area contributed by atoms with E-state index in [1.165, 1.54) is 0 Å². The lowest BCUT2D eigenvalue weighted by Gasteiger charge is -2.32. The number of sulfonamides is 1. The third kappa shape index (κ3) is 6.64. The van der Waals surface area contributed by atoms with Crippen molar-refractivity contribution in [2.45, 2.75) is 48.9 Å². The Morgan fingerprint density at radius 3 is 2.29 bits per heavy atom. The molecule has 0 unspecified atom stereocenters. The first kappa shape index (κ1) is 27.2. The maximum Gasteiger partial charge on any atom is 0.490 e. The van der Waals surface area contributed by atoms with Crippen LogP contribution in [0.3, 0.4) is 0 Å². The molecule has 0 spiro atoms. The largest absolute Gasteiger partial charge is 0.490 e. The van der Waals surface area contributed by atoms with Gasteiger partial charge in [-0.1, -0.05) is 12.1 Å². The number of halogens is 3. The van der Waals surface area contributed by atoms with Gasteiger partial charge in [0.25, 0.3) is 0 Å². The van der Waals surface area contributed by atoms with Crippen molar-refractivity contribution in [3.63, 3.8) is 0 Å². The molecule has 196 valence electrons.